The number of hydrogen-bond acceptors (Lipinski definition) is 4. The smallest absolute Gasteiger partial charge is 0.306 e. The van der Waals surface area contributed by atoms with Gasteiger partial charge in [-0.3, -0.25) is 4.79 Å². The monoisotopic (exact) mass is 327 g/mol. The number of aliphatic carboxylic acids is 1. The summed E-state index contributed by atoms with van der Waals surface area (Å²) in [4.78, 5) is 11.1. The summed E-state index contributed by atoms with van der Waals surface area (Å²) in [6.45, 7) is 6.01. The third-order valence-electron chi connectivity index (χ3n) is 3.71. The highest BCUT2D eigenvalue weighted by Crippen LogP contribution is 2.26. The SMILES string of the molecule is Cc1cc(C)c(S(=O)(=O)N2CCOC(CC(=O)O)C2)c(C)c1. The van der Waals surface area contributed by atoms with Crippen molar-refractivity contribution in [3.8, 4) is 0 Å². The van der Waals surface area contributed by atoms with Crippen LogP contribution in [0.25, 0.3) is 0 Å². The Kier molecular flexibility index (Phi) is 4.89. The Bertz CT molecular complexity index is 660. The lowest BCUT2D eigenvalue weighted by atomic mass is 10.1. The molecule has 1 unspecified atom stereocenters. The van der Waals surface area contributed by atoms with Crippen molar-refractivity contribution in [1.82, 2.24) is 4.31 Å². The Hall–Kier alpha value is -1.44. The third-order valence-corrected chi connectivity index (χ3v) is 5.88. The summed E-state index contributed by atoms with van der Waals surface area (Å²) < 4.78 is 32.5. The fourth-order valence-corrected chi connectivity index (χ4v) is 4.80. The lowest BCUT2D eigenvalue weighted by Crippen LogP contribution is -2.46. The van der Waals surface area contributed by atoms with Crippen molar-refractivity contribution in [3.05, 3.63) is 28.8 Å². The number of carboxylic acids is 1. The second-order valence-electron chi connectivity index (χ2n) is 5.68. The number of rotatable bonds is 4. The number of aryl methyl sites for hydroxylation is 3. The number of morpholine rings is 1. The molecule has 0 aromatic heterocycles. The highest BCUT2D eigenvalue weighted by Gasteiger charge is 2.33. The summed E-state index contributed by atoms with van der Waals surface area (Å²) in [5.74, 6) is -0.994. The number of sulfonamides is 1. The fourth-order valence-electron chi connectivity index (χ4n) is 2.93. The highest BCUT2D eigenvalue weighted by atomic mass is 32.2. The minimum Gasteiger partial charge on any atom is -0.481 e. The van der Waals surface area contributed by atoms with Crippen LogP contribution in [0.5, 0.6) is 0 Å². The molecule has 1 saturated heterocycles. The number of carbonyl (C=O) groups is 1. The van der Waals surface area contributed by atoms with Gasteiger partial charge >= 0.3 is 5.97 Å². The summed E-state index contributed by atoms with van der Waals surface area (Å²) in [5.41, 5.74) is 2.43. The van der Waals surface area contributed by atoms with Gasteiger partial charge in [0, 0.05) is 13.1 Å². The van der Waals surface area contributed by atoms with Gasteiger partial charge < -0.3 is 9.84 Å². The van der Waals surface area contributed by atoms with E-state index in [0.29, 0.717) is 16.0 Å². The van der Waals surface area contributed by atoms with Gasteiger partial charge in [-0.25, -0.2) is 8.42 Å². The van der Waals surface area contributed by atoms with E-state index in [2.05, 4.69) is 0 Å². The summed E-state index contributed by atoms with van der Waals surface area (Å²) in [6.07, 6.45) is -0.801. The molecule has 6 nitrogen and oxygen atoms in total. The maximum absolute atomic E-state index is 12.9. The first-order valence-electron chi connectivity index (χ1n) is 7.13. The Balaban J connectivity index is 2.32. The van der Waals surface area contributed by atoms with Crippen molar-refractivity contribution in [2.45, 2.75) is 38.2 Å². The number of benzene rings is 1. The Morgan fingerprint density at radius 2 is 1.91 bits per heavy atom. The number of nitrogens with zero attached hydrogens (tertiary/aromatic N) is 1. The molecule has 1 fully saturated rings. The van der Waals surface area contributed by atoms with Crippen molar-refractivity contribution in [3.63, 3.8) is 0 Å². The van der Waals surface area contributed by atoms with E-state index in [-0.39, 0.29) is 26.1 Å². The molecule has 0 bridgehead atoms. The van der Waals surface area contributed by atoms with Crippen molar-refractivity contribution < 1.29 is 23.1 Å². The molecule has 1 aliphatic rings. The Morgan fingerprint density at radius 3 is 2.45 bits per heavy atom. The second kappa shape index (κ2) is 6.36. The molecule has 1 aromatic carbocycles. The largest absolute Gasteiger partial charge is 0.481 e. The zero-order valence-corrected chi connectivity index (χ0v) is 13.8. The van der Waals surface area contributed by atoms with E-state index in [0.717, 1.165) is 5.56 Å². The Labute approximate surface area is 130 Å². The van der Waals surface area contributed by atoms with Crippen LogP contribution in [0.15, 0.2) is 17.0 Å². The lowest BCUT2D eigenvalue weighted by Gasteiger charge is -2.32. The molecule has 1 aromatic rings. The van der Waals surface area contributed by atoms with E-state index in [1.54, 1.807) is 13.8 Å². The quantitative estimate of drug-likeness (QED) is 0.905. The molecule has 1 aliphatic heterocycles. The number of ether oxygens (including phenoxy) is 1. The van der Waals surface area contributed by atoms with Crippen LogP contribution in [-0.4, -0.2) is 49.6 Å². The molecule has 2 rings (SSSR count). The average Bonchev–Trinajstić information content (AvgIpc) is 2.36. The van der Waals surface area contributed by atoms with Crippen LogP contribution >= 0.6 is 0 Å². The minimum absolute atomic E-state index is 0.0708. The van der Waals surface area contributed by atoms with Crippen molar-refractivity contribution in [2.75, 3.05) is 19.7 Å². The van der Waals surface area contributed by atoms with E-state index in [4.69, 9.17) is 9.84 Å². The maximum Gasteiger partial charge on any atom is 0.306 e. The van der Waals surface area contributed by atoms with E-state index >= 15 is 0 Å². The van der Waals surface area contributed by atoms with Crippen LogP contribution in [0.1, 0.15) is 23.1 Å². The molecular formula is C15H21NO5S. The predicted molar refractivity (Wildman–Crippen MR) is 81.4 cm³/mol. The zero-order chi connectivity index (χ0) is 16.5. The predicted octanol–water partition coefficient (Wildman–Crippen LogP) is 1.48. The van der Waals surface area contributed by atoms with Crippen molar-refractivity contribution in [2.24, 2.45) is 0 Å². The van der Waals surface area contributed by atoms with E-state index in [1.165, 1.54) is 4.31 Å². The number of carboxylic acid groups (broad SMARTS) is 1. The molecule has 0 aliphatic carbocycles. The van der Waals surface area contributed by atoms with Gasteiger partial charge in [-0.2, -0.15) is 4.31 Å². The zero-order valence-electron chi connectivity index (χ0n) is 13.0. The van der Waals surface area contributed by atoms with E-state index < -0.39 is 22.1 Å². The first-order chi connectivity index (χ1) is 10.2. The summed E-state index contributed by atoms with van der Waals surface area (Å²) >= 11 is 0. The van der Waals surface area contributed by atoms with Gasteiger partial charge in [-0.15, -0.1) is 0 Å². The molecule has 1 N–H and O–H groups in total. The molecule has 22 heavy (non-hydrogen) atoms. The van der Waals surface area contributed by atoms with E-state index in [1.807, 2.05) is 19.1 Å². The van der Waals surface area contributed by atoms with Crippen molar-refractivity contribution in [1.29, 1.82) is 0 Å². The molecule has 0 spiro atoms. The van der Waals surface area contributed by atoms with Crippen LogP contribution in [0.3, 0.4) is 0 Å². The van der Waals surface area contributed by atoms with Gasteiger partial charge in [-0.1, -0.05) is 17.7 Å². The molecule has 7 heteroatoms. The van der Waals surface area contributed by atoms with Crippen molar-refractivity contribution >= 4 is 16.0 Å². The van der Waals surface area contributed by atoms with Crippen LogP contribution in [0, 0.1) is 20.8 Å². The summed E-state index contributed by atoms with van der Waals surface area (Å²) in [6, 6.07) is 3.68. The highest BCUT2D eigenvalue weighted by molar-refractivity contribution is 7.89. The summed E-state index contributed by atoms with van der Waals surface area (Å²) in [7, 11) is -3.65. The van der Waals surface area contributed by atoms with Gasteiger partial charge in [0.25, 0.3) is 0 Å². The Morgan fingerprint density at radius 1 is 1.32 bits per heavy atom. The van der Waals surface area contributed by atoms with Gasteiger partial charge in [0.05, 0.1) is 24.0 Å². The van der Waals surface area contributed by atoms with Crippen LogP contribution in [0.2, 0.25) is 0 Å². The first-order valence-corrected chi connectivity index (χ1v) is 8.57. The third kappa shape index (κ3) is 3.48. The molecule has 1 atom stereocenters. The van der Waals surface area contributed by atoms with Gasteiger partial charge in [0.1, 0.15) is 0 Å². The molecule has 1 heterocycles. The number of hydrogen-bond donors (Lipinski definition) is 1. The summed E-state index contributed by atoms with van der Waals surface area (Å²) in [5, 5.41) is 8.84. The molecule has 122 valence electrons. The minimum atomic E-state index is -3.65. The molecular weight excluding hydrogens is 306 g/mol. The topological polar surface area (TPSA) is 83.9 Å². The maximum atomic E-state index is 12.9. The molecule has 0 saturated carbocycles. The van der Waals surface area contributed by atoms with Crippen LogP contribution in [0.4, 0.5) is 0 Å². The second-order valence-corrected chi connectivity index (χ2v) is 7.56. The molecule has 0 radical (unpaired) electrons. The van der Waals surface area contributed by atoms with Gasteiger partial charge in [0.2, 0.25) is 10.0 Å². The fraction of sp³-hybridized carbons (Fsp3) is 0.533. The standard InChI is InChI=1S/C15H21NO5S/c1-10-6-11(2)15(12(3)7-10)22(19,20)16-4-5-21-13(9-16)8-14(17)18/h6-7,13H,4-5,8-9H2,1-3H3,(H,17,18). The average molecular weight is 327 g/mol. The van der Waals surface area contributed by atoms with Crippen LogP contribution < -0.4 is 0 Å². The molecule has 0 amide bonds. The van der Waals surface area contributed by atoms with E-state index in [9.17, 15) is 13.2 Å². The van der Waals surface area contributed by atoms with Crippen LogP contribution in [-0.2, 0) is 19.6 Å². The lowest BCUT2D eigenvalue weighted by molar-refractivity contribution is -0.141. The first kappa shape index (κ1) is 16.9. The van der Waals surface area contributed by atoms with Gasteiger partial charge in [-0.05, 0) is 31.9 Å². The van der Waals surface area contributed by atoms with Gasteiger partial charge in [0.15, 0.2) is 0 Å². The normalized spacial score (nSPS) is 20.0.